The second kappa shape index (κ2) is 10.2. The van der Waals surface area contributed by atoms with Crippen molar-refractivity contribution in [1.82, 2.24) is 29.8 Å². The van der Waals surface area contributed by atoms with E-state index in [4.69, 9.17) is 4.74 Å². The third-order valence-electron chi connectivity index (χ3n) is 5.55. The number of ether oxygens (including phenoxy) is 1. The first-order valence-corrected chi connectivity index (χ1v) is 12.2. The number of likely N-dealkylation sites (N-methyl/N-ethyl adjacent to an activating group) is 1. The van der Waals surface area contributed by atoms with Crippen LogP contribution >= 0.6 is 11.3 Å². The van der Waals surface area contributed by atoms with Crippen molar-refractivity contribution in [3.05, 3.63) is 76.1 Å². The van der Waals surface area contributed by atoms with Crippen LogP contribution in [0, 0.1) is 6.92 Å². The van der Waals surface area contributed by atoms with Crippen LogP contribution in [0.1, 0.15) is 32.5 Å². The van der Waals surface area contributed by atoms with E-state index in [2.05, 4.69) is 35.1 Å². The normalized spacial score (nSPS) is 15.8. The Morgan fingerprint density at radius 2 is 1.91 bits per heavy atom. The van der Waals surface area contributed by atoms with Gasteiger partial charge in [-0.2, -0.15) is 0 Å². The van der Waals surface area contributed by atoms with Crippen molar-refractivity contribution in [2.24, 2.45) is 0 Å². The number of nitrogens with one attached hydrogen (secondary N) is 1. The molecule has 10 heteroatoms. The molecule has 1 N–H and O–H groups in total. The molecule has 1 aliphatic rings. The molecule has 4 aromatic rings. The molecular formula is C25H25N7O2S. The fourth-order valence-electron chi connectivity index (χ4n) is 3.84. The van der Waals surface area contributed by atoms with Gasteiger partial charge in [0.1, 0.15) is 34.1 Å². The number of hydrogen-bond donors (Lipinski definition) is 1. The highest BCUT2D eigenvalue weighted by molar-refractivity contribution is 7.13. The number of aryl methyl sites for hydroxylation is 1. The van der Waals surface area contributed by atoms with Gasteiger partial charge in [-0.25, -0.2) is 29.7 Å². The molecule has 5 rings (SSSR count). The molecule has 5 heterocycles. The minimum Gasteiger partial charge on any atom is -0.457 e. The zero-order valence-electron chi connectivity index (χ0n) is 19.5. The molecule has 0 aliphatic carbocycles. The molecule has 1 fully saturated rings. The van der Waals surface area contributed by atoms with Crippen molar-refractivity contribution in [3.63, 3.8) is 0 Å². The van der Waals surface area contributed by atoms with E-state index in [9.17, 15) is 4.79 Å². The minimum atomic E-state index is -0.263. The van der Waals surface area contributed by atoms with E-state index >= 15 is 0 Å². The highest BCUT2D eigenvalue weighted by Crippen LogP contribution is 2.23. The number of aromatic nitrogens is 5. The van der Waals surface area contributed by atoms with Gasteiger partial charge in [-0.05, 0) is 56.8 Å². The van der Waals surface area contributed by atoms with Crippen LogP contribution in [0.2, 0.25) is 0 Å². The first-order chi connectivity index (χ1) is 17.0. The first kappa shape index (κ1) is 23.0. The average Bonchev–Trinajstić information content (AvgIpc) is 3.48. The Morgan fingerprint density at radius 3 is 2.71 bits per heavy atom. The Labute approximate surface area is 207 Å². The third-order valence-corrected chi connectivity index (χ3v) is 6.62. The largest absolute Gasteiger partial charge is 0.457 e. The van der Waals surface area contributed by atoms with Gasteiger partial charge in [0, 0.05) is 42.5 Å². The first-order valence-electron chi connectivity index (χ1n) is 11.4. The summed E-state index contributed by atoms with van der Waals surface area (Å²) in [4.78, 5) is 38.6. The quantitative estimate of drug-likeness (QED) is 0.389. The molecule has 178 valence electrons. The molecule has 0 aromatic carbocycles. The number of esters is 1. The highest BCUT2D eigenvalue weighted by atomic mass is 32.1. The van der Waals surface area contributed by atoms with Crippen molar-refractivity contribution in [2.45, 2.75) is 25.9 Å². The van der Waals surface area contributed by atoms with E-state index < -0.39 is 0 Å². The van der Waals surface area contributed by atoms with Gasteiger partial charge in [0.2, 0.25) is 0 Å². The predicted octanol–water partition coefficient (Wildman–Crippen LogP) is 3.89. The van der Waals surface area contributed by atoms with Crippen molar-refractivity contribution < 1.29 is 9.53 Å². The van der Waals surface area contributed by atoms with Gasteiger partial charge in [0.05, 0.1) is 0 Å². The lowest BCUT2D eigenvalue weighted by atomic mass is 10.3. The number of likely N-dealkylation sites (tertiary alicyclic amines) is 1. The lowest BCUT2D eigenvalue weighted by molar-refractivity contribution is 0.0333. The molecule has 9 nitrogen and oxygen atoms in total. The summed E-state index contributed by atoms with van der Waals surface area (Å²) in [5, 5.41) is 3.22. The summed E-state index contributed by atoms with van der Waals surface area (Å²) in [7, 11) is 2.03. The maximum Gasteiger partial charge on any atom is 0.348 e. The van der Waals surface area contributed by atoms with Crippen LogP contribution < -0.4 is 5.32 Å². The summed E-state index contributed by atoms with van der Waals surface area (Å²) in [5.41, 5.74) is 1.62. The third kappa shape index (κ3) is 5.84. The highest BCUT2D eigenvalue weighted by Gasteiger charge is 2.24. The molecule has 1 aliphatic heterocycles. The van der Waals surface area contributed by atoms with E-state index in [1.54, 1.807) is 24.5 Å². The van der Waals surface area contributed by atoms with Crippen LogP contribution in [0.5, 0.6) is 0 Å². The van der Waals surface area contributed by atoms with Gasteiger partial charge in [0.25, 0.3) is 0 Å². The van der Waals surface area contributed by atoms with Crippen LogP contribution in [0.3, 0.4) is 0 Å². The SMILES string of the molecule is Cc1cccc(-c2nccc(Nc3ccnc(Cc4ccc(C(=O)O[C@H]5CCN(C)C5)s4)n3)n2)n1. The van der Waals surface area contributed by atoms with E-state index in [-0.39, 0.29) is 12.1 Å². The maximum absolute atomic E-state index is 12.5. The summed E-state index contributed by atoms with van der Waals surface area (Å²) in [5.74, 6) is 2.15. The maximum atomic E-state index is 12.5. The Morgan fingerprint density at radius 1 is 1.09 bits per heavy atom. The molecule has 0 saturated carbocycles. The van der Waals surface area contributed by atoms with Crippen molar-refractivity contribution in [1.29, 1.82) is 0 Å². The molecular weight excluding hydrogens is 462 g/mol. The number of rotatable bonds is 7. The van der Waals surface area contributed by atoms with Gasteiger partial charge in [-0.3, -0.25) is 0 Å². The van der Waals surface area contributed by atoms with E-state index in [0.29, 0.717) is 40.3 Å². The topological polar surface area (TPSA) is 106 Å². The number of carbonyl (C=O) groups is 1. The van der Waals surface area contributed by atoms with E-state index in [1.807, 2.05) is 44.3 Å². The van der Waals surface area contributed by atoms with Crippen molar-refractivity contribution >= 4 is 28.9 Å². The van der Waals surface area contributed by atoms with Gasteiger partial charge in [0.15, 0.2) is 5.82 Å². The van der Waals surface area contributed by atoms with Gasteiger partial charge in [-0.15, -0.1) is 11.3 Å². The molecule has 0 bridgehead atoms. The summed E-state index contributed by atoms with van der Waals surface area (Å²) in [6, 6.07) is 13.0. The molecule has 1 atom stereocenters. The summed E-state index contributed by atoms with van der Waals surface area (Å²) in [6.45, 7) is 3.67. The second-order valence-corrected chi connectivity index (χ2v) is 9.60. The lowest BCUT2D eigenvalue weighted by Crippen LogP contribution is -2.21. The summed E-state index contributed by atoms with van der Waals surface area (Å²) >= 11 is 1.41. The number of pyridine rings is 1. The standard InChI is InChI=1S/C25H25N7O2S/c1-16-4-3-5-19(28-16)24-27-12-9-22(31-24)29-21-8-11-26-23(30-21)14-18-6-7-20(35-18)25(33)34-17-10-13-32(2)15-17/h3-9,11-12,17H,10,13-15H2,1-2H3,(H,26,27,29,30,31)/t17-/m0/s1. The van der Waals surface area contributed by atoms with Crippen molar-refractivity contribution in [3.8, 4) is 11.5 Å². The van der Waals surface area contributed by atoms with Gasteiger partial charge in [-0.1, -0.05) is 6.07 Å². The van der Waals surface area contributed by atoms with Crippen LogP contribution in [0.4, 0.5) is 11.6 Å². The van der Waals surface area contributed by atoms with Crippen LogP contribution in [0.15, 0.2) is 54.9 Å². The number of nitrogens with zero attached hydrogens (tertiary/aromatic N) is 6. The zero-order chi connectivity index (χ0) is 24.2. The van der Waals surface area contributed by atoms with E-state index in [0.717, 1.165) is 30.1 Å². The number of anilines is 2. The molecule has 4 aromatic heterocycles. The summed E-state index contributed by atoms with van der Waals surface area (Å²) in [6.07, 6.45) is 4.75. The van der Waals surface area contributed by atoms with Crippen LogP contribution in [-0.2, 0) is 11.2 Å². The Kier molecular flexibility index (Phi) is 6.73. The molecule has 35 heavy (non-hydrogen) atoms. The van der Waals surface area contributed by atoms with Crippen molar-refractivity contribution in [2.75, 3.05) is 25.5 Å². The van der Waals surface area contributed by atoms with Crippen LogP contribution in [0.25, 0.3) is 11.5 Å². The van der Waals surface area contributed by atoms with Gasteiger partial charge >= 0.3 is 5.97 Å². The lowest BCUT2D eigenvalue weighted by Gasteiger charge is -2.11. The number of thiophene rings is 1. The fraction of sp³-hybridized carbons (Fsp3) is 0.280. The number of hydrogen-bond acceptors (Lipinski definition) is 10. The predicted molar refractivity (Wildman–Crippen MR) is 134 cm³/mol. The smallest absolute Gasteiger partial charge is 0.348 e. The Balaban J connectivity index is 1.24. The summed E-state index contributed by atoms with van der Waals surface area (Å²) < 4.78 is 5.64. The van der Waals surface area contributed by atoms with E-state index in [1.165, 1.54) is 11.3 Å². The zero-order valence-corrected chi connectivity index (χ0v) is 20.3. The van der Waals surface area contributed by atoms with Gasteiger partial charge < -0.3 is 15.0 Å². The molecule has 1 saturated heterocycles. The fourth-order valence-corrected chi connectivity index (χ4v) is 4.73. The minimum absolute atomic E-state index is 0.0341. The average molecular weight is 488 g/mol. The molecule has 0 unspecified atom stereocenters. The number of carbonyl (C=O) groups excluding carboxylic acids is 1. The molecule has 0 spiro atoms. The molecule has 0 amide bonds. The Hall–Kier alpha value is -3.76. The Bertz CT molecular complexity index is 1340. The second-order valence-electron chi connectivity index (χ2n) is 8.43. The molecule has 0 radical (unpaired) electrons. The van der Waals surface area contributed by atoms with Crippen LogP contribution in [-0.4, -0.2) is 62.0 Å². The monoisotopic (exact) mass is 487 g/mol.